The fraction of sp³-hybridized carbons (Fsp3) is 0.423. The molecule has 5 rings (SSSR count). The molecule has 0 radical (unpaired) electrons. The maximum atomic E-state index is 13.6. The van der Waals surface area contributed by atoms with Gasteiger partial charge in [-0.2, -0.15) is 0 Å². The third-order valence-corrected chi connectivity index (χ3v) is 7.30. The molecule has 4 atom stereocenters. The molecule has 2 saturated heterocycles. The summed E-state index contributed by atoms with van der Waals surface area (Å²) in [6.07, 6.45) is 3.69. The van der Waals surface area contributed by atoms with E-state index in [-0.39, 0.29) is 30.5 Å². The van der Waals surface area contributed by atoms with E-state index in [1.807, 2.05) is 42.5 Å². The summed E-state index contributed by atoms with van der Waals surface area (Å²) in [4.78, 5) is 43.2. The minimum absolute atomic E-state index is 0.0879. The molecule has 0 spiro atoms. The lowest BCUT2D eigenvalue weighted by molar-refractivity contribution is -0.143. The predicted octanol–water partition coefficient (Wildman–Crippen LogP) is 1.39. The van der Waals surface area contributed by atoms with Crippen LogP contribution in [0.25, 0.3) is 12.2 Å². The van der Waals surface area contributed by atoms with Gasteiger partial charge < -0.3 is 24.2 Å². The number of amides is 2. The van der Waals surface area contributed by atoms with Crippen molar-refractivity contribution in [2.24, 2.45) is 11.8 Å². The number of rotatable bonds is 4. The van der Waals surface area contributed by atoms with Gasteiger partial charge in [-0.25, -0.2) is 0 Å². The second-order valence-electron chi connectivity index (χ2n) is 9.12. The monoisotopic (exact) mass is 463 g/mol. The van der Waals surface area contributed by atoms with Crippen molar-refractivity contribution in [3.05, 3.63) is 69.6 Å². The summed E-state index contributed by atoms with van der Waals surface area (Å²) in [6, 6.07) is 12.4. The summed E-state index contributed by atoms with van der Waals surface area (Å²) in [7, 11) is 0. The maximum Gasteiger partial charge on any atom is 0.258 e. The molecule has 2 bridgehead atoms. The van der Waals surface area contributed by atoms with Gasteiger partial charge in [0.2, 0.25) is 11.8 Å². The van der Waals surface area contributed by atoms with Gasteiger partial charge in [0.25, 0.3) is 5.56 Å². The van der Waals surface area contributed by atoms with Gasteiger partial charge in [-0.1, -0.05) is 36.4 Å². The predicted molar refractivity (Wildman–Crippen MR) is 127 cm³/mol. The molecule has 1 N–H and O–H groups in total. The summed E-state index contributed by atoms with van der Waals surface area (Å²) in [6.45, 7) is 3.44. The Kier molecular flexibility index (Phi) is 6.10. The third-order valence-electron chi connectivity index (χ3n) is 7.30. The van der Waals surface area contributed by atoms with Gasteiger partial charge >= 0.3 is 0 Å². The number of nitrogens with zero attached hydrogens (tertiary/aromatic N) is 3. The highest BCUT2D eigenvalue weighted by Crippen LogP contribution is 2.49. The number of hydrogen-bond donors (Lipinski definition) is 1. The summed E-state index contributed by atoms with van der Waals surface area (Å²) >= 11 is 0. The highest BCUT2D eigenvalue weighted by Gasteiger charge is 2.57. The molecule has 0 unspecified atom stereocenters. The summed E-state index contributed by atoms with van der Waals surface area (Å²) in [5, 5.41) is 10.3. The molecule has 2 fully saturated rings. The van der Waals surface area contributed by atoms with Gasteiger partial charge in [-0.05, 0) is 23.8 Å². The molecule has 8 heteroatoms. The average molecular weight is 464 g/mol. The number of ether oxygens (including phenoxy) is 1. The zero-order valence-electron chi connectivity index (χ0n) is 19.2. The van der Waals surface area contributed by atoms with Crippen LogP contribution in [0.3, 0.4) is 0 Å². The number of aliphatic hydroxyl groups is 1. The lowest BCUT2D eigenvalue weighted by Gasteiger charge is -2.38. The number of pyridine rings is 1. The van der Waals surface area contributed by atoms with Crippen LogP contribution in [-0.4, -0.2) is 70.2 Å². The summed E-state index contributed by atoms with van der Waals surface area (Å²) < 4.78 is 7.08. The number of morpholine rings is 1. The van der Waals surface area contributed by atoms with Crippen LogP contribution in [0.2, 0.25) is 0 Å². The van der Waals surface area contributed by atoms with E-state index < -0.39 is 23.9 Å². The Morgan fingerprint density at radius 3 is 2.50 bits per heavy atom. The SMILES string of the molecule is CC(=O)N1[C@@H]2Cn3c(ccc(/C=C/c4ccccc4)c3=O)[C@H]1[C@@H](C(=O)N1CCOCC1)[C@@H]2CO. The van der Waals surface area contributed by atoms with Gasteiger partial charge in [0, 0.05) is 50.3 Å². The van der Waals surface area contributed by atoms with Crippen LogP contribution in [0.5, 0.6) is 0 Å². The molecule has 34 heavy (non-hydrogen) atoms. The number of carbonyl (C=O) groups is 2. The summed E-state index contributed by atoms with van der Waals surface area (Å²) in [5.74, 6) is -1.28. The molecular formula is C26H29N3O5. The van der Waals surface area contributed by atoms with Crippen LogP contribution in [0.15, 0.2) is 47.3 Å². The van der Waals surface area contributed by atoms with E-state index >= 15 is 0 Å². The van der Waals surface area contributed by atoms with E-state index in [1.54, 1.807) is 26.5 Å². The van der Waals surface area contributed by atoms with Gasteiger partial charge in [0.15, 0.2) is 0 Å². The lowest BCUT2D eigenvalue weighted by atomic mass is 9.86. The van der Waals surface area contributed by atoms with Crippen LogP contribution in [-0.2, 0) is 20.9 Å². The van der Waals surface area contributed by atoms with E-state index in [0.717, 1.165) is 5.56 Å². The fourth-order valence-corrected chi connectivity index (χ4v) is 5.71. The highest BCUT2D eigenvalue weighted by molar-refractivity contribution is 5.84. The van der Waals surface area contributed by atoms with Gasteiger partial charge in [0.1, 0.15) is 0 Å². The number of aliphatic hydroxyl groups excluding tert-OH is 1. The first-order valence-electron chi connectivity index (χ1n) is 11.7. The van der Waals surface area contributed by atoms with Crippen molar-refractivity contribution in [2.45, 2.75) is 25.6 Å². The Morgan fingerprint density at radius 1 is 1.09 bits per heavy atom. The molecule has 4 heterocycles. The molecule has 1 aromatic heterocycles. The highest BCUT2D eigenvalue weighted by atomic mass is 16.5. The first kappa shape index (κ1) is 22.6. The maximum absolute atomic E-state index is 13.6. The van der Waals surface area contributed by atoms with Crippen LogP contribution < -0.4 is 5.56 Å². The first-order chi connectivity index (χ1) is 16.5. The Labute approximate surface area is 198 Å². The molecule has 0 saturated carbocycles. The van der Waals surface area contributed by atoms with Gasteiger partial charge in [0.05, 0.1) is 31.2 Å². The average Bonchev–Trinajstić information content (AvgIpc) is 3.11. The number of fused-ring (bicyclic) bond motifs is 4. The van der Waals surface area contributed by atoms with E-state index in [4.69, 9.17) is 4.74 Å². The smallest absolute Gasteiger partial charge is 0.258 e. The number of benzene rings is 1. The van der Waals surface area contributed by atoms with Gasteiger partial charge in [-0.3, -0.25) is 14.4 Å². The molecule has 3 aliphatic rings. The van der Waals surface area contributed by atoms with Crippen molar-refractivity contribution >= 4 is 24.0 Å². The van der Waals surface area contributed by atoms with Crippen molar-refractivity contribution in [1.29, 1.82) is 0 Å². The van der Waals surface area contributed by atoms with Crippen molar-refractivity contribution in [1.82, 2.24) is 14.4 Å². The molecule has 2 aromatic rings. The topological polar surface area (TPSA) is 92.1 Å². The molecule has 1 aromatic carbocycles. The van der Waals surface area contributed by atoms with Crippen LogP contribution >= 0.6 is 0 Å². The normalized spacial score (nSPS) is 26.1. The molecule has 8 nitrogen and oxygen atoms in total. The van der Waals surface area contributed by atoms with E-state index in [1.165, 1.54) is 6.92 Å². The molecular weight excluding hydrogens is 434 g/mol. The number of aromatic nitrogens is 1. The second-order valence-corrected chi connectivity index (χ2v) is 9.12. The van der Waals surface area contributed by atoms with E-state index in [2.05, 4.69) is 0 Å². The molecule has 0 aliphatic carbocycles. The second kappa shape index (κ2) is 9.19. The van der Waals surface area contributed by atoms with Crippen molar-refractivity contribution in [2.75, 3.05) is 32.9 Å². The van der Waals surface area contributed by atoms with Crippen molar-refractivity contribution < 1.29 is 19.4 Å². The van der Waals surface area contributed by atoms with E-state index in [0.29, 0.717) is 37.6 Å². The van der Waals surface area contributed by atoms with Crippen molar-refractivity contribution in [3.8, 4) is 0 Å². The van der Waals surface area contributed by atoms with Gasteiger partial charge in [-0.15, -0.1) is 0 Å². The lowest BCUT2D eigenvalue weighted by Crippen LogP contribution is -2.49. The Balaban J connectivity index is 1.55. The van der Waals surface area contributed by atoms with Crippen LogP contribution in [0, 0.1) is 11.8 Å². The minimum Gasteiger partial charge on any atom is -0.396 e. The minimum atomic E-state index is -0.601. The first-order valence-corrected chi connectivity index (χ1v) is 11.7. The van der Waals surface area contributed by atoms with Crippen LogP contribution in [0.4, 0.5) is 0 Å². The number of carbonyl (C=O) groups excluding carboxylic acids is 2. The van der Waals surface area contributed by atoms with E-state index in [9.17, 15) is 19.5 Å². The molecule has 3 aliphatic heterocycles. The van der Waals surface area contributed by atoms with Crippen molar-refractivity contribution in [3.63, 3.8) is 0 Å². The Hall–Kier alpha value is -3.23. The zero-order chi connectivity index (χ0) is 23.8. The quantitative estimate of drug-likeness (QED) is 0.740. The zero-order valence-corrected chi connectivity index (χ0v) is 19.2. The largest absolute Gasteiger partial charge is 0.396 e. The Morgan fingerprint density at radius 2 is 1.82 bits per heavy atom. The standard InChI is InChI=1S/C26H29N3O5/c1-17(31)29-22-15-28-21(10-9-19(25(28)32)8-7-18-5-3-2-4-6-18)24(29)23(20(22)16-30)26(33)27-11-13-34-14-12-27/h2-10,20,22-24,30H,11-16H2,1H3/b8-7+/t20-,22-,23+,24+/m1/s1. The molecule has 2 amide bonds. The molecule has 178 valence electrons. The fourth-order valence-electron chi connectivity index (χ4n) is 5.71. The number of hydrogen-bond acceptors (Lipinski definition) is 5. The Bertz CT molecular complexity index is 1170. The van der Waals surface area contributed by atoms with Crippen LogP contribution in [0.1, 0.15) is 29.8 Å². The summed E-state index contributed by atoms with van der Waals surface area (Å²) in [5.41, 5.74) is 2.03. The third kappa shape index (κ3) is 3.76.